The number of nitrogens with one attached hydrogen (secondary N) is 1. The maximum absolute atomic E-state index is 15.6. The van der Waals surface area contributed by atoms with E-state index < -0.39 is 211 Å². The van der Waals surface area contributed by atoms with Gasteiger partial charge in [-0.1, -0.05) is 55.9 Å². The number of aliphatic hydroxyl groups is 5. The van der Waals surface area contributed by atoms with E-state index in [1.54, 1.807) is 47.6 Å². The molecular weight excluding hydrogens is 1230 g/mol. The molecule has 7 fully saturated rings. The van der Waals surface area contributed by atoms with E-state index in [-0.39, 0.29) is 54.7 Å². The van der Waals surface area contributed by atoms with Crippen LogP contribution in [0.2, 0.25) is 0 Å². The van der Waals surface area contributed by atoms with Gasteiger partial charge in [-0.15, -0.1) is 0 Å². The quantitative estimate of drug-likeness (QED) is 0.0279. The number of carbonyl (C=O) groups is 5. The van der Waals surface area contributed by atoms with Gasteiger partial charge < -0.3 is 92.4 Å². The first-order valence-electron chi connectivity index (χ1n) is 33.2. The zero-order chi connectivity index (χ0) is 68.4. The number of nitrogens with zero attached hydrogens (tertiary/aromatic N) is 1. The Morgan fingerprint density at radius 3 is 1.89 bits per heavy atom. The molecule has 10 rings (SSSR count). The number of methoxy groups -OCH3 is 1. The number of alkyl carbamates (subject to hydrolysis) is 1. The zero-order valence-corrected chi connectivity index (χ0v) is 55.8. The lowest BCUT2D eigenvalue weighted by molar-refractivity contribution is -0.390. The van der Waals surface area contributed by atoms with E-state index in [4.69, 9.17) is 61.6 Å². The first-order valence-corrected chi connectivity index (χ1v) is 33.2. The van der Waals surface area contributed by atoms with Crippen molar-refractivity contribution in [3.05, 3.63) is 58.4 Å². The maximum Gasteiger partial charge on any atom is 0.407 e. The van der Waals surface area contributed by atoms with Crippen LogP contribution in [-0.4, -0.2) is 219 Å². The van der Waals surface area contributed by atoms with Gasteiger partial charge >= 0.3 is 18.0 Å². The molecule has 526 valence electrons. The number of aldehydes is 1. The number of hydrogen-bond acceptors (Lipinski definition) is 26. The summed E-state index contributed by atoms with van der Waals surface area (Å²) in [7, 11) is 1.17. The topological polar surface area (TPSA) is 362 Å². The second-order valence-corrected chi connectivity index (χ2v) is 28.4. The summed E-state index contributed by atoms with van der Waals surface area (Å²) in [6.45, 7) is 20.9. The summed E-state index contributed by atoms with van der Waals surface area (Å²) >= 11 is 0. The van der Waals surface area contributed by atoms with Crippen LogP contribution in [0.25, 0.3) is 0 Å². The van der Waals surface area contributed by atoms with Crippen molar-refractivity contribution in [2.75, 3.05) is 7.11 Å². The van der Waals surface area contributed by atoms with Crippen LogP contribution in [0.3, 0.4) is 0 Å². The SMILES string of the molecule is COC(=O)NC1C(C)OC(O[C@H]2C/C=C(\C)[C@@H]3C=C[C@@H]4[C@@H](OC5CC(OC6CC(O)C(OC7CC(O)C(OC8CCC(O)C(C)O8)C(C)O7)C(C)O6)C(OC(C)=O)C(C)O5)[C@@H](C)C[C@H](C)[C@H]4[C@]3(C)C(O)=C3C(=O)O[C@]4(CC(C=O)=C[C@H](O)[C@H]4/C=C\2C)C3=O)CC1(C)N(O)O. The van der Waals surface area contributed by atoms with Crippen LogP contribution in [-0.2, 0) is 80.8 Å². The van der Waals surface area contributed by atoms with Gasteiger partial charge in [-0.2, -0.15) is 0 Å². The Bertz CT molecular complexity index is 2930. The Morgan fingerprint density at radius 1 is 0.691 bits per heavy atom. The third-order valence-electron chi connectivity index (χ3n) is 21.8. The Labute approximate surface area is 547 Å². The van der Waals surface area contributed by atoms with Crippen LogP contribution >= 0.6 is 0 Å². The van der Waals surface area contributed by atoms with Crippen molar-refractivity contribution in [2.24, 2.45) is 40.9 Å². The van der Waals surface area contributed by atoms with Gasteiger partial charge in [-0.3, -0.25) is 24.8 Å². The number of esters is 2. The molecule has 0 aromatic carbocycles. The number of Topliss-reactive ketones (excluding diaryl/α,β-unsaturated/α-hetero) is 1. The second-order valence-electron chi connectivity index (χ2n) is 28.4. The average molecular weight is 1330 g/mol. The minimum absolute atomic E-state index is 0.00161. The Hall–Kier alpha value is -4.63. The van der Waals surface area contributed by atoms with E-state index in [1.165, 1.54) is 27.0 Å². The van der Waals surface area contributed by atoms with Crippen LogP contribution in [0.4, 0.5) is 4.79 Å². The van der Waals surface area contributed by atoms with E-state index in [0.717, 1.165) is 0 Å². The predicted molar refractivity (Wildman–Crippen MR) is 325 cm³/mol. The summed E-state index contributed by atoms with van der Waals surface area (Å²) in [6.07, 6.45) is -8.11. The highest BCUT2D eigenvalue weighted by molar-refractivity contribution is 6.26. The fourth-order valence-electron chi connectivity index (χ4n) is 17.0. The minimum Gasteiger partial charge on any atom is -0.511 e. The number of amides is 1. The first kappa shape index (κ1) is 72.1. The van der Waals surface area contributed by atoms with Crippen molar-refractivity contribution in [1.29, 1.82) is 0 Å². The van der Waals surface area contributed by atoms with Crippen molar-refractivity contribution in [2.45, 2.75) is 281 Å². The van der Waals surface area contributed by atoms with Crippen molar-refractivity contribution < 1.29 is 121 Å². The molecule has 1 saturated carbocycles. The van der Waals surface area contributed by atoms with Crippen molar-refractivity contribution >= 4 is 30.1 Å². The van der Waals surface area contributed by atoms with Gasteiger partial charge in [0.2, 0.25) is 5.78 Å². The number of fused-ring (bicyclic) bond motifs is 4. The minimum atomic E-state index is -2.20. The fourth-order valence-corrected chi connectivity index (χ4v) is 17.0. The maximum atomic E-state index is 15.6. The molecule has 6 heterocycles. The molecule has 27 nitrogen and oxygen atoms in total. The van der Waals surface area contributed by atoms with Crippen molar-refractivity contribution in [3.63, 3.8) is 0 Å². The molecule has 10 aliphatic rings. The van der Waals surface area contributed by atoms with Gasteiger partial charge in [-0.25, -0.2) is 9.59 Å². The molecule has 94 heavy (non-hydrogen) atoms. The number of allylic oxidation sites excluding steroid dienone is 3. The molecule has 0 aromatic heterocycles. The lowest BCUT2D eigenvalue weighted by Gasteiger charge is -2.56. The van der Waals surface area contributed by atoms with Crippen LogP contribution in [0, 0.1) is 40.9 Å². The number of hydroxylamine groups is 2. The Morgan fingerprint density at radius 2 is 1.29 bits per heavy atom. The number of aliphatic hydroxyl groups excluding tert-OH is 5. The summed E-state index contributed by atoms with van der Waals surface area (Å²) in [6, 6.07) is -1.01. The van der Waals surface area contributed by atoms with Crippen LogP contribution in [0.5, 0.6) is 0 Å². The molecule has 6 aliphatic heterocycles. The molecule has 30 atom stereocenters. The summed E-state index contributed by atoms with van der Waals surface area (Å²) in [4.78, 5) is 68.1. The molecule has 0 aromatic rings. The molecule has 8 N–H and O–H groups in total. The third-order valence-corrected chi connectivity index (χ3v) is 21.8. The number of rotatable bonds is 14. The summed E-state index contributed by atoms with van der Waals surface area (Å²) in [5, 5.41) is 82.3. The van der Waals surface area contributed by atoms with Gasteiger partial charge in [0.05, 0.1) is 91.8 Å². The molecule has 0 radical (unpaired) electrons. The van der Waals surface area contributed by atoms with E-state index in [0.29, 0.717) is 36.7 Å². The van der Waals surface area contributed by atoms with Crippen LogP contribution in [0.1, 0.15) is 141 Å². The van der Waals surface area contributed by atoms with Gasteiger partial charge in [0.25, 0.3) is 0 Å². The van der Waals surface area contributed by atoms with Crippen LogP contribution < -0.4 is 5.32 Å². The van der Waals surface area contributed by atoms with E-state index in [9.17, 15) is 55.1 Å². The first-order chi connectivity index (χ1) is 44.3. The Balaban J connectivity index is 0.910. The van der Waals surface area contributed by atoms with E-state index in [1.807, 2.05) is 32.1 Å². The van der Waals surface area contributed by atoms with Gasteiger partial charge in [-0.05, 0) is 110 Å². The van der Waals surface area contributed by atoms with Crippen molar-refractivity contribution in [3.8, 4) is 0 Å². The normalized spacial score (nSPS) is 47.9. The smallest absolute Gasteiger partial charge is 0.407 e. The molecule has 6 saturated heterocycles. The fraction of sp³-hybridized carbons (Fsp3) is 0.776. The van der Waals surface area contributed by atoms with Gasteiger partial charge in [0.15, 0.2) is 43.2 Å². The molecular formula is C67H98N2O25. The average Bonchev–Trinajstić information content (AvgIpc) is 1.35. The molecule has 19 unspecified atom stereocenters. The van der Waals surface area contributed by atoms with E-state index in [2.05, 4.69) is 19.2 Å². The highest BCUT2D eigenvalue weighted by Gasteiger charge is 2.65. The number of hydrogen-bond donors (Lipinski definition) is 8. The lowest BCUT2D eigenvalue weighted by atomic mass is 9.49. The number of ether oxygens (including phenoxy) is 13. The van der Waals surface area contributed by atoms with Gasteiger partial charge in [0.1, 0.15) is 35.9 Å². The predicted octanol–water partition coefficient (Wildman–Crippen LogP) is 5.13. The summed E-state index contributed by atoms with van der Waals surface area (Å²) in [5.41, 5.74) is -4.70. The summed E-state index contributed by atoms with van der Waals surface area (Å²) in [5.74, 6) is -6.62. The molecule has 2 bridgehead atoms. The molecule has 27 heteroatoms. The summed E-state index contributed by atoms with van der Waals surface area (Å²) < 4.78 is 81.2. The number of carbonyl (C=O) groups excluding carboxylic acids is 5. The highest BCUT2D eigenvalue weighted by Crippen LogP contribution is 2.61. The third kappa shape index (κ3) is 14.1. The van der Waals surface area contributed by atoms with Gasteiger partial charge in [0, 0.05) is 62.7 Å². The second kappa shape index (κ2) is 28.7. The van der Waals surface area contributed by atoms with E-state index >= 15 is 4.79 Å². The monoisotopic (exact) mass is 1330 g/mol. The Kier molecular flexibility index (Phi) is 22.0. The molecule has 1 amide bonds. The largest absolute Gasteiger partial charge is 0.511 e. The lowest BCUT2D eigenvalue weighted by Crippen LogP contribution is -2.68. The van der Waals surface area contributed by atoms with Crippen molar-refractivity contribution in [1.82, 2.24) is 10.5 Å². The molecule has 1 spiro atoms. The molecule has 4 aliphatic carbocycles. The zero-order valence-electron chi connectivity index (χ0n) is 55.8. The highest BCUT2D eigenvalue weighted by atomic mass is 16.8. The standard InChI is InChI=1S/C67H98N2O25/c1-29-14-18-47(89-53-27-65(11,69(80)81)60(37(9)87-53)68-64(79)82-13)30(2)21-42-44(73)22-39(28-70)26-67(42)62(77)54(63(78)94-67)61(76)66(12)41(29)16-15-40-55(66)31(3)20-32(4)56(40)92-52-25-48(59(36(8)86-52)88-38(10)71)90-50-23-45(74)58(35(7)84-50)93-51-24-46(75)57(34(6)85-51)91-49-19-17-43(72)33(5)83-49/h14-16,21-22,28,31-37,40-53,55-60,72-76,80-81H,17-20,23-27H2,1-13H3,(H,68,79)/b29-14+,30-21-,61-54?/t31-,32-,33?,34?,35?,36?,37?,40-,41-,42+,43?,44-,45?,46?,47-,48?,49?,50?,51?,52?,53?,55+,56-,57?,58?,59?,60?,65?,66+,67-/m0/s1. The number of ketones is 1. The van der Waals surface area contributed by atoms with Crippen LogP contribution in [0.15, 0.2) is 58.4 Å².